The van der Waals surface area contributed by atoms with E-state index in [1.54, 1.807) is 0 Å². The predicted molar refractivity (Wildman–Crippen MR) is 53.3 cm³/mol. The number of carbonyl (C=O) groups is 1. The molecule has 1 rings (SSSR count). The number of likely N-dealkylation sites (N-methyl/N-ethyl adjacent to an activating group) is 1. The third kappa shape index (κ3) is 2.02. The average Bonchev–Trinajstić information content (AvgIpc) is 2.09. The van der Waals surface area contributed by atoms with Crippen molar-refractivity contribution in [2.24, 2.45) is 5.73 Å². The van der Waals surface area contributed by atoms with Crippen molar-refractivity contribution in [3.63, 3.8) is 0 Å². The lowest BCUT2D eigenvalue weighted by atomic mass is 9.76. The Morgan fingerprint density at radius 3 is 2.38 bits per heavy atom. The predicted octanol–water partition coefficient (Wildman–Crippen LogP) is 1.13. The Bertz CT molecular complexity index is 187. The van der Waals surface area contributed by atoms with Gasteiger partial charge in [-0.25, -0.2) is 0 Å². The minimum absolute atomic E-state index is 0.156. The molecule has 1 aliphatic carbocycles. The Balaban J connectivity index is 2.52. The first-order chi connectivity index (χ1) is 6.14. The van der Waals surface area contributed by atoms with E-state index in [1.165, 1.54) is 0 Å². The van der Waals surface area contributed by atoms with Crippen LogP contribution >= 0.6 is 0 Å². The highest BCUT2D eigenvalue weighted by molar-refractivity contribution is 5.87. The molecule has 13 heavy (non-hydrogen) atoms. The molecule has 0 aromatic heterocycles. The van der Waals surface area contributed by atoms with Gasteiger partial charge in [-0.3, -0.25) is 4.79 Å². The van der Waals surface area contributed by atoms with Gasteiger partial charge in [0.25, 0.3) is 0 Å². The minimum Gasteiger partial charge on any atom is -0.341 e. The molecule has 1 amide bonds. The third-order valence-corrected chi connectivity index (χ3v) is 2.83. The van der Waals surface area contributed by atoms with Crippen molar-refractivity contribution in [2.75, 3.05) is 13.1 Å². The maximum Gasteiger partial charge on any atom is 0.242 e. The molecule has 0 aromatic carbocycles. The molecule has 0 aliphatic heterocycles. The van der Waals surface area contributed by atoms with Gasteiger partial charge in [0.05, 0.1) is 5.54 Å². The van der Waals surface area contributed by atoms with Gasteiger partial charge in [0.1, 0.15) is 0 Å². The number of carbonyl (C=O) groups excluding carboxylic acids is 1. The van der Waals surface area contributed by atoms with E-state index >= 15 is 0 Å². The monoisotopic (exact) mass is 184 g/mol. The smallest absolute Gasteiger partial charge is 0.242 e. The summed E-state index contributed by atoms with van der Waals surface area (Å²) in [5.74, 6) is 0.156. The molecule has 1 fully saturated rings. The Kier molecular flexibility index (Phi) is 3.31. The molecule has 1 aliphatic rings. The molecule has 0 aromatic rings. The van der Waals surface area contributed by atoms with Crippen LogP contribution in [0, 0.1) is 0 Å². The SMILES string of the molecule is CCCN(CC)C(=O)C1(N)CCC1. The van der Waals surface area contributed by atoms with Crippen molar-refractivity contribution in [2.45, 2.75) is 45.1 Å². The molecule has 76 valence electrons. The lowest BCUT2D eigenvalue weighted by Crippen LogP contribution is -2.59. The van der Waals surface area contributed by atoms with Crippen molar-refractivity contribution < 1.29 is 4.79 Å². The molecular weight excluding hydrogens is 164 g/mol. The number of nitrogens with zero attached hydrogens (tertiary/aromatic N) is 1. The summed E-state index contributed by atoms with van der Waals surface area (Å²) in [5, 5.41) is 0. The summed E-state index contributed by atoms with van der Waals surface area (Å²) in [6.07, 6.45) is 3.85. The number of hydrogen-bond donors (Lipinski definition) is 1. The van der Waals surface area contributed by atoms with E-state index in [0.29, 0.717) is 0 Å². The topological polar surface area (TPSA) is 46.3 Å². The molecular formula is C10H20N2O. The van der Waals surface area contributed by atoms with Crippen LogP contribution in [-0.2, 0) is 4.79 Å². The molecule has 0 radical (unpaired) electrons. The van der Waals surface area contributed by atoms with E-state index < -0.39 is 5.54 Å². The van der Waals surface area contributed by atoms with Gasteiger partial charge < -0.3 is 10.6 Å². The highest BCUT2D eigenvalue weighted by Crippen LogP contribution is 2.30. The summed E-state index contributed by atoms with van der Waals surface area (Å²) in [6, 6.07) is 0. The molecule has 0 bridgehead atoms. The Labute approximate surface area is 80.3 Å². The third-order valence-electron chi connectivity index (χ3n) is 2.83. The van der Waals surface area contributed by atoms with Gasteiger partial charge in [0, 0.05) is 13.1 Å². The summed E-state index contributed by atoms with van der Waals surface area (Å²) >= 11 is 0. The average molecular weight is 184 g/mol. The van der Waals surface area contributed by atoms with Gasteiger partial charge in [-0.2, -0.15) is 0 Å². The Hall–Kier alpha value is -0.570. The first-order valence-electron chi connectivity index (χ1n) is 5.22. The van der Waals surface area contributed by atoms with Gasteiger partial charge in [0.15, 0.2) is 0 Å². The van der Waals surface area contributed by atoms with Crippen LogP contribution in [0.4, 0.5) is 0 Å². The lowest BCUT2D eigenvalue weighted by molar-refractivity contribution is -0.140. The zero-order valence-electron chi connectivity index (χ0n) is 8.68. The van der Waals surface area contributed by atoms with Crippen LogP contribution in [0.2, 0.25) is 0 Å². The second kappa shape index (κ2) is 4.09. The molecule has 0 atom stereocenters. The second-order valence-corrected chi connectivity index (χ2v) is 3.89. The van der Waals surface area contributed by atoms with E-state index in [0.717, 1.165) is 38.8 Å². The van der Waals surface area contributed by atoms with Crippen LogP contribution in [0.15, 0.2) is 0 Å². The fourth-order valence-corrected chi connectivity index (χ4v) is 1.76. The van der Waals surface area contributed by atoms with E-state index in [2.05, 4.69) is 6.92 Å². The molecule has 0 unspecified atom stereocenters. The van der Waals surface area contributed by atoms with Crippen molar-refractivity contribution in [1.29, 1.82) is 0 Å². The van der Waals surface area contributed by atoms with E-state index in [9.17, 15) is 4.79 Å². The zero-order valence-corrected chi connectivity index (χ0v) is 8.68. The van der Waals surface area contributed by atoms with Crippen molar-refractivity contribution in [1.82, 2.24) is 4.90 Å². The van der Waals surface area contributed by atoms with Crippen LogP contribution in [0.25, 0.3) is 0 Å². The zero-order chi connectivity index (χ0) is 9.90. The van der Waals surface area contributed by atoms with Gasteiger partial charge in [-0.1, -0.05) is 6.92 Å². The maximum atomic E-state index is 11.9. The molecule has 3 nitrogen and oxygen atoms in total. The molecule has 0 spiro atoms. The minimum atomic E-state index is -0.509. The number of hydrogen-bond acceptors (Lipinski definition) is 2. The molecule has 3 heteroatoms. The van der Waals surface area contributed by atoms with Crippen molar-refractivity contribution in [3.05, 3.63) is 0 Å². The van der Waals surface area contributed by atoms with E-state index in [4.69, 9.17) is 5.73 Å². The molecule has 0 heterocycles. The molecule has 2 N–H and O–H groups in total. The lowest BCUT2D eigenvalue weighted by Gasteiger charge is -2.40. The molecule has 1 saturated carbocycles. The first-order valence-corrected chi connectivity index (χ1v) is 5.22. The number of amides is 1. The summed E-state index contributed by atoms with van der Waals surface area (Å²) in [7, 11) is 0. The van der Waals surface area contributed by atoms with Crippen molar-refractivity contribution >= 4 is 5.91 Å². The van der Waals surface area contributed by atoms with Crippen LogP contribution in [-0.4, -0.2) is 29.4 Å². The summed E-state index contributed by atoms with van der Waals surface area (Å²) in [5.41, 5.74) is 5.45. The summed E-state index contributed by atoms with van der Waals surface area (Å²) < 4.78 is 0. The number of rotatable bonds is 4. The molecule has 0 saturated heterocycles. The van der Waals surface area contributed by atoms with Gasteiger partial charge >= 0.3 is 0 Å². The fourth-order valence-electron chi connectivity index (χ4n) is 1.76. The second-order valence-electron chi connectivity index (χ2n) is 3.89. The van der Waals surface area contributed by atoms with Crippen LogP contribution < -0.4 is 5.73 Å². The van der Waals surface area contributed by atoms with Crippen LogP contribution in [0.1, 0.15) is 39.5 Å². The summed E-state index contributed by atoms with van der Waals surface area (Å²) in [6.45, 7) is 5.72. The standard InChI is InChI=1S/C10H20N2O/c1-3-8-12(4-2)9(13)10(11)6-5-7-10/h3-8,11H2,1-2H3. The van der Waals surface area contributed by atoms with Crippen molar-refractivity contribution in [3.8, 4) is 0 Å². The van der Waals surface area contributed by atoms with Gasteiger partial charge in [0.2, 0.25) is 5.91 Å². The Morgan fingerprint density at radius 1 is 1.46 bits per heavy atom. The van der Waals surface area contributed by atoms with Gasteiger partial charge in [-0.15, -0.1) is 0 Å². The quantitative estimate of drug-likeness (QED) is 0.712. The van der Waals surface area contributed by atoms with E-state index in [-0.39, 0.29) is 5.91 Å². The van der Waals surface area contributed by atoms with Crippen LogP contribution in [0.3, 0.4) is 0 Å². The van der Waals surface area contributed by atoms with Crippen LogP contribution in [0.5, 0.6) is 0 Å². The number of nitrogens with two attached hydrogens (primary N) is 1. The highest BCUT2D eigenvalue weighted by Gasteiger charge is 2.41. The largest absolute Gasteiger partial charge is 0.341 e. The summed E-state index contributed by atoms with van der Waals surface area (Å²) in [4.78, 5) is 13.7. The maximum absolute atomic E-state index is 11.9. The van der Waals surface area contributed by atoms with E-state index in [1.807, 2.05) is 11.8 Å². The fraction of sp³-hybridized carbons (Fsp3) is 0.900. The highest BCUT2D eigenvalue weighted by atomic mass is 16.2. The normalized spacial score (nSPS) is 19.3. The van der Waals surface area contributed by atoms with Gasteiger partial charge in [-0.05, 0) is 32.6 Å². The Morgan fingerprint density at radius 2 is 2.08 bits per heavy atom. The first kappa shape index (κ1) is 10.5.